The van der Waals surface area contributed by atoms with Gasteiger partial charge < -0.3 is 57.7 Å². The Morgan fingerprint density at radius 2 is 1.77 bits per heavy atom. The van der Waals surface area contributed by atoms with E-state index in [1.165, 1.54) is 12.3 Å². The number of oxazole rings is 2. The van der Waals surface area contributed by atoms with Gasteiger partial charge in [0.25, 0.3) is 0 Å². The molecule has 2 aromatic heterocycles. The predicted molar refractivity (Wildman–Crippen MR) is 260 cm³/mol. The van der Waals surface area contributed by atoms with E-state index in [-0.39, 0.29) is 61.4 Å². The van der Waals surface area contributed by atoms with Crippen LogP contribution in [0, 0.1) is 23.3 Å². The van der Waals surface area contributed by atoms with Gasteiger partial charge in [-0.3, -0.25) is 0 Å². The predicted octanol–water partition coefficient (Wildman–Crippen LogP) is 7.64. The molecule has 69 heavy (non-hydrogen) atoms. The number of hydrogen-bond acceptors (Lipinski definition) is 15. The molecule has 5 aliphatic rings. The smallest absolute Gasteiger partial charge is 0.330 e. The average Bonchev–Trinajstić information content (AvgIpc) is 3.93. The number of hydrogen-bond donors (Lipinski definition) is 4. The summed E-state index contributed by atoms with van der Waals surface area (Å²) >= 11 is 0. The van der Waals surface area contributed by atoms with Crippen molar-refractivity contribution in [3.8, 4) is 11.5 Å². The molecule has 0 unspecified atom stereocenters. The normalized spacial score (nSPS) is 35.0. The van der Waals surface area contributed by atoms with Crippen LogP contribution in [0.1, 0.15) is 115 Å². The Hall–Kier alpha value is -4.25. The highest BCUT2D eigenvalue weighted by molar-refractivity contribution is 6.83. The topological polar surface area (TPSA) is 205 Å². The van der Waals surface area contributed by atoms with Crippen LogP contribution in [0.2, 0.25) is 19.6 Å². The first-order valence-electron chi connectivity index (χ1n) is 24.5. The van der Waals surface area contributed by atoms with Gasteiger partial charge in [0.15, 0.2) is 11.7 Å². The number of carbonyl (C=O) groups is 1. The molecule has 0 amide bonds. The summed E-state index contributed by atoms with van der Waals surface area (Å²) in [5, 5.41) is 43.9. The Kier molecular flexibility index (Phi) is 17.8. The highest BCUT2D eigenvalue weighted by Gasteiger charge is 2.45. The maximum Gasteiger partial charge on any atom is 0.330 e. The third kappa shape index (κ3) is 15.1. The quantitative estimate of drug-likeness (QED) is 0.0627. The lowest BCUT2D eigenvalue weighted by molar-refractivity contribution is -0.283. The van der Waals surface area contributed by atoms with Crippen LogP contribution in [0.3, 0.4) is 0 Å². The third-order valence-corrected chi connectivity index (χ3v) is 14.1. The number of carbonyl (C=O) groups excluding carboxylic acids is 1. The number of fused-ring (bicyclic) bond motifs is 9. The number of aromatic nitrogens is 2. The fraction of sp³-hybridized carbons (Fsp3) is 0.604. The van der Waals surface area contributed by atoms with Gasteiger partial charge in [-0.15, -0.1) is 11.5 Å². The standard InChI is InChI=1S/C53H72N2O13Si/c1-32(17-18-38(56)12-11-21-69(6,7)8)24-44(58)46-26-39(57)28-53(60,68-46)29-48-54-37(30-62-48)25-34(3)50-36(5)51-35(4)45(66-50)14-10-15-47-55-43(31-63-47)52-61-20-19-41(65-52)27-42-23-33(2)22-40(64-42)13-9-16-49(59)67-51/h9-10,15-18,24-25,30-31,35-36,38-42,44-46,50-52,56-58,60H,2,12-14,19-20,22-23,26-29H2,1,3-8H3/b15-10+,16-9-,18-17+,32-24+,34-25+/t35-,36-,38+,39+,40-,41-,42+,44+,45+,46+,50-,51-,52-,53-/m0/s1. The molecule has 4 N–H and O–H groups in total. The first-order chi connectivity index (χ1) is 32.8. The fourth-order valence-electron chi connectivity index (χ4n) is 9.80. The molecule has 0 aliphatic carbocycles. The maximum absolute atomic E-state index is 13.5. The fourth-order valence-corrected chi connectivity index (χ4v) is 10.4. The Morgan fingerprint density at radius 3 is 2.57 bits per heavy atom. The lowest BCUT2D eigenvalue weighted by atomic mass is 9.79. The maximum atomic E-state index is 13.5. The van der Waals surface area contributed by atoms with E-state index in [2.05, 4.69) is 47.7 Å². The summed E-state index contributed by atoms with van der Waals surface area (Å²) in [6.07, 6.45) is 14.8. The van der Waals surface area contributed by atoms with Crippen molar-refractivity contribution < 1.29 is 62.5 Å². The van der Waals surface area contributed by atoms with Gasteiger partial charge in [0.1, 0.15) is 38.1 Å². The lowest BCUT2D eigenvalue weighted by Crippen LogP contribution is -2.51. The highest BCUT2D eigenvalue weighted by atomic mass is 28.3. The minimum absolute atomic E-state index is 0.0677. The number of nitrogens with zero attached hydrogens (tertiary/aromatic N) is 2. The Morgan fingerprint density at radius 1 is 0.986 bits per heavy atom. The van der Waals surface area contributed by atoms with Crippen LogP contribution in [0.4, 0.5) is 0 Å². The average molecular weight is 973 g/mol. The van der Waals surface area contributed by atoms with Crippen molar-refractivity contribution >= 4 is 26.2 Å². The SMILES string of the molecule is C=C1C[C@@H]2C[C@@H]3CCO[C@@H](O3)c3coc(n3)/C=C/C[C@H]3O[C@@H](/C(C)=C/c4coc(C[C@]5(O)C[C@H](O)C[C@H]([C@H](O)/C=C(C)/C=C/[C@H](O)CC#C[Si](C)(C)C)O5)n4)[C@H](C)[C@@H](OC(=O)/C=C\C[C@@H](C1)O2)[C@H]3C. The molecule has 0 radical (unpaired) electrons. The van der Waals surface area contributed by atoms with E-state index < -0.39 is 62.7 Å². The number of aliphatic hydroxyl groups is 4. The van der Waals surface area contributed by atoms with Crippen LogP contribution in [-0.4, -0.2) is 118 Å². The zero-order chi connectivity index (χ0) is 49.5. The van der Waals surface area contributed by atoms with E-state index in [1.54, 1.807) is 37.5 Å². The summed E-state index contributed by atoms with van der Waals surface area (Å²) in [6, 6.07) is 0. The number of rotatable bonds is 9. The molecule has 8 bridgehead atoms. The monoisotopic (exact) mass is 972 g/mol. The van der Waals surface area contributed by atoms with E-state index in [0.29, 0.717) is 61.6 Å². The van der Waals surface area contributed by atoms with Gasteiger partial charge in [0.2, 0.25) is 12.2 Å². The zero-order valence-electron chi connectivity index (χ0n) is 41.1. The highest BCUT2D eigenvalue weighted by Crippen LogP contribution is 2.39. The first kappa shape index (κ1) is 52.6. The molecule has 2 aromatic rings. The molecule has 5 aliphatic heterocycles. The van der Waals surface area contributed by atoms with Crippen molar-refractivity contribution in [2.75, 3.05) is 6.61 Å². The Balaban J connectivity index is 1.03. The molecule has 376 valence electrons. The second-order valence-corrected chi connectivity index (χ2v) is 25.4. The Bertz CT molecular complexity index is 2300. The van der Waals surface area contributed by atoms with Crippen molar-refractivity contribution in [1.29, 1.82) is 0 Å². The molecule has 4 saturated heterocycles. The molecule has 0 aromatic carbocycles. The minimum Gasteiger partial charge on any atom is -0.458 e. The molecular formula is C53H72N2O13Si. The third-order valence-electron chi connectivity index (χ3n) is 13.1. The minimum atomic E-state index is -1.88. The Labute approximate surface area is 407 Å². The summed E-state index contributed by atoms with van der Waals surface area (Å²) in [6.45, 7) is 19.0. The van der Waals surface area contributed by atoms with Crippen molar-refractivity contribution in [3.63, 3.8) is 0 Å². The van der Waals surface area contributed by atoms with Crippen molar-refractivity contribution in [1.82, 2.24) is 9.97 Å². The van der Waals surface area contributed by atoms with E-state index in [4.69, 9.17) is 37.3 Å². The van der Waals surface area contributed by atoms with Crippen LogP contribution in [0.5, 0.6) is 0 Å². The molecule has 15 nitrogen and oxygen atoms in total. The second-order valence-electron chi connectivity index (χ2n) is 20.6. The molecule has 14 atom stereocenters. The summed E-state index contributed by atoms with van der Waals surface area (Å²) in [5.41, 5.74) is 6.86. The summed E-state index contributed by atoms with van der Waals surface area (Å²) < 4.78 is 49.5. The molecule has 0 saturated carbocycles. The van der Waals surface area contributed by atoms with Gasteiger partial charge in [0.05, 0.1) is 68.0 Å². The van der Waals surface area contributed by atoms with Crippen LogP contribution in [0.25, 0.3) is 12.2 Å². The van der Waals surface area contributed by atoms with Gasteiger partial charge in [-0.1, -0.05) is 81.6 Å². The number of allylic oxidation sites excluding steroid dienone is 2. The van der Waals surface area contributed by atoms with E-state index in [1.807, 2.05) is 39.0 Å². The summed E-state index contributed by atoms with van der Waals surface area (Å²) in [7, 11) is -1.54. The van der Waals surface area contributed by atoms with Crippen LogP contribution in [0.15, 0.2) is 81.1 Å². The van der Waals surface area contributed by atoms with Crippen molar-refractivity contribution in [3.05, 3.63) is 95.4 Å². The van der Waals surface area contributed by atoms with Gasteiger partial charge in [0, 0.05) is 43.6 Å². The van der Waals surface area contributed by atoms with E-state index in [9.17, 15) is 25.2 Å². The lowest BCUT2D eigenvalue weighted by Gasteiger charge is -2.44. The second kappa shape index (κ2) is 23.3. The molecule has 16 heteroatoms. The number of ether oxygens (including phenoxy) is 6. The van der Waals surface area contributed by atoms with Gasteiger partial charge in [-0.2, -0.15) is 0 Å². The van der Waals surface area contributed by atoms with Crippen LogP contribution in [-0.2, 0) is 39.6 Å². The number of aliphatic hydroxyl groups excluding tert-OH is 3. The van der Waals surface area contributed by atoms with E-state index >= 15 is 0 Å². The summed E-state index contributed by atoms with van der Waals surface area (Å²) in [5.74, 6) is 0.866. The molecule has 0 spiro atoms. The number of esters is 1. The van der Waals surface area contributed by atoms with Crippen LogP contribution >= 0.6 is 0 Å². The molecule has 7 rings (SSSR count). The van der Waals surface area contributed by atoms with Crippen molar-refractivity contribution in [2.24, 2.45) is 11.8 Å². The zero-order valence-corrected chi connectivity index (χ0v) is 42.1. The van der Waals surface area contributed by atoms with Gasteiger partial charge >= 0.3 is 5.97 Å². The molecular weight excluding hydrogens is 901 g/mol. The molecule has 7 heterocycles. The van der Waals surface area contributed by atoms with Gasteiger partial charge in [-0.05, 0) is 63.7 Å². The largest absolute Gasteiger partial charge is 0.458 e. The first-order valence-corrected chi connectivity index (χ1v) is 28.0. The van der Waals surface area contributed by atoms with Crippen molar-refractivity contribution in [2.45, 2.75) is 185 Å². The van der Waals surface area contributed by atoms with Gasteiger partial charge in [-0.25, -0.2) is 14.8 Å². The molecule has 4 fully saturated rings. The van der Waals surface area contributed by atoms with Crippen LogP contribution < -0.4 is 0 Å². The summed E-state index contributed by atoms with van der Waals surface area (Å²) in [4.78, 5) is 22.8. The van der Waals surface area contributed by atoms with E-state index in [0.717, 1.165) is 24.0 Å².